The Labute approximate surface area is 197 Å². The molecule has 0 aromatic heterocycles. The SMILES string of the molecule is CC(C)(C)OC(=O)NC1CCCC1CC(=O)NC1CCCC1CC(=O)OCc1ccccc1. The molecule has 2 N–H and O–H groups in total. The number of amides is 2. The summed E-state index contributed by atoms with van der Waals surface area (Å²) in [7, 11) is 0. The molecule has 4 atom stereocenters. The van der Waals surface area contributed by atoms with Gasteiger partial charge in [-0.3, -0.25) is 9.59 Å². The topological polar surface area (TPSA) is 93.7 Å². The van der Waals surface area contributed by atoms with Crippen molar-refractivity contribution in [3.8, 4) is 0 Å². The molecule has 1 aromatic carbocycles. The molecule has 0 spiro atoms. The lowest BCUT2D eigenvalue weighted by molar-refractivity contribution is -0.146. The lowest BCUT2D eigenvalue weighted by Gasteiger charge is -2.25. The minimum absolute atomic E-state index is 0.000411. The molecule has 7 nitrogen and oxygen atoms in total. The van der Waals surface area contributed by atoms with Gasteiger partial charge in [0.15, 0.2) is 0 Å². The molecule has 0 radical (unpaired) electrons. The second-order valence-corrected chi connectivity index (χ2v) is 10.4. The highest BCUT2D eigenvalue weighted by molar-refractivity contribution is 5.77. The van der Waals surface area contributed by atoms with Gasteiger partial charge in [0.05, 0.1) is 6.42 Å². The summed E-state index contributed by atoms with van der Waals surface area (Å²) in [5, 5.41) is 6.10. The lowest BCUT2D eigenvalue weighted by atomic mass is 9.96. The van der Waals surface area contributed by atoms with Gasteiger partial charge < -0.3 is 20.1 Å². The Morgan fingerprint density at radius 2 is 1.48 bits per heavy atom. The highest BCUT2D eigenvalue weighted by Crippen LogP contribution is 2.31. The molecule has 0 saturated heterocycles. The summed E-state index contributed by atoms with van der Waals surface area (Å²) in [6.07, 6.45) is 5.82. The number of hydrogen-bond acceptors (Lipinski definition) is 5. The summed E-state index contributed by atoms with van der Waals surface area (Å²) in [5.74, 6) is -0.0143. The fourth-order valence-corrected chi connectivity index (χ4v) is 4.92. The van der Waals surface area contributed by atoms with Crippen molar-refractivity contribution in [2.75, 3.05) is 0 Å². The van der Waals surface area contributed by atoms with Crippen LogP contribution in [0, 0.1) is 11.8 Å². The molecule has 0 bridgehead atoms. The van der Waals surface area contributed by atoms with E-state index in [1.165, 1.54) is 0 Å². The maximum atomic E-state index is 12.8. The number of carbonyl (C=O) groups is 3. The zero-order valence-electron chi connectivity index (χ0n) is 20.1. The number of esters is 1. The van der Waals surface area contributed by atoms with Gasteiger partial charge >= 0.3 is 12.1 Å². The Kier molecular flexibility index (Phi) is 8.75. The number of nitrogens with one attached hydrogen (secondary N) is 2. The van der Waals surface area contributed by atoms with Crippen molar-refractivity contribution >= 4 is 18.0 Å². The van der Waals surface area contributed by atoms with Gasteiger partial charge in [0.1, 0.15) is 12.2 Å². The summed E-state index contributed by atoms with van der Waals surface area (Å²) < 4.78 is 10.8. The fraction of sp³-hybridized carbons (Fsp3) is 0.654. The van der Waals surface area contributed by atoms with Gasteiger partial charge in [0.25, 0.3) is 0 Å². The molecule has 3 rings (SSSR count). The van der Waals surface area contributed by atoms with E-state index in [-0.39, 0.29) is 42.4 Å². The molecule has 4 unspecified atom stereocenters. The average Bonchev–Trinajstić information content (AvgIpc) is 3.35. The molecule has 182 valence electrons. The Morgan fingerprint density at radius 1 is 0.879 bits per heavy atom. The lowest BCUT2D eigenvalue weighted by Crippen LogP contribution is -2.43. The maximum Gasteiger partial charge on any atom is 0.407 e. The molecule has 2 aliphatic carbocycles. The monoisotopic (exact) mass is 458 g/mol. The first kappa shape index (κ1) is 25.1. The van der Waals surface area contributed by atoms with E-state index >= 15 is 0 Å². The molecule has 2 aliphatic rings. The molecule has 2 amide bonds. The molecule has 1 aromatic rings. The number of benzene rings is 1. The van der Waals surface area contributed by atoms with Gasteiger partial charge in [0.2, 0.25) is 5.91 Å². The third-order valence-electron chi connectivity index (χ3n) is 6.49. The van der Waals surface area contributed by atoms with Crippen molar-refractivity contribution in [2.45, 2.75) is 96.4 Å². The second-order valence-electron chi connectivity index (χ2n) is 10.4. The first-order chi connectivity index (χ1) is 15.7. The van der Waals surface area contributed by atoms with E-state index in [1.54, 1.807) is 0 Å². The maximum absolute atomic E-state index is 12.8. The van der Waals surface area contributed by atoms with Crippen molar-refractivity contribution in [3.63, 3.8) is 0 Å². The van der Waals surface area contributed by atoms with Gasteiger partial charge in [0, 0.05) is 18.5 Å². The van der Waals surface area contributed by atoms with Crippen molar-refractivity contribution in [2.24, 2.45) is 11.8 Å². The van der Waals surface area contributed by atoms with Crippen LogP contribution in [0.25, 0.3) is 0 Å². The van der Waals surface area contributed by atoms with Gasteiger partial charge in [-0.25, -0.2) is 4.79 Å². The standard InChI is InChI=1S/C26H38N2O5/c1-26(2,3)33-25(31)28-22-14-7-11-19(22)15-23(29)27-21-13-8-12-20(21)16-24(30)32-17-18-9-5-4-6-10-18/h4-6,9-10,19-22H,7-8,11-17H2,1-3H3,(H,27,29)(H,28,31). The van der Waals surface area contributed by atoms with Crippen LogP contribution in [-0.4, -0.2) is 35.7 Å². The van der Waals surface area contributed by atoms with Crippen LogP contribution in [-0.2, 0) is 25.7 Å². The molecule has 2 saturated carbocycles. The molecule has 33 heavy (non-hydrogen) atoms. The van der Waals surface area contributed by atoms with Crippen LogP contribution >= 0.6 is 0 Å². The molecule has 7 heteroatoms. The smallest absolute Gasteiger partial charge is 0.407 e. The molecule has 0 heterocycles. The van der Waals surface area contributed by atoms with Crippen LogP contribution in [0.1, 0.15) is 77.7 Å². The Hall–Kier alpha value is -2.57. The first-order valence-corrected chi connectivity index (χ1v) is 12.2. The van der Waals surface area contributed by atoms with Gasteiger partial charge in [-0.2, -0.15) is 0 Å². The highest BCUT2D eigenvalue weighted by Gasteiger charge is 2.34. The normalized spacial score (nSPS) is 24.8. The summed E-state index contributed by atoms with van der Waals surface area (Å²) >= 11 is 0. The van der Waals surface area contributed by atoms with E-state index < -0.39 is 11.7 Å². The number of alkyl carbamates (subject to hydrolysis) is 1. The first-order valence-electron chi connectivity index (χ1n) is 12.2. The van der Waals surface area contributed by atoms with E-state index in [1.807, 2.05) is 51.1 Å². The third kappa shape index (κ3) is 8.37. The van der Waals surface area contributed by atoms with E-state index in [4.69, 9.17) is 9.47 Å². The molecular weight excluding hydrogens is 420 g/mol. The third-order valence-corrected chi connectivity index (χ3v) is 6.49. The summed E-state index contributed by atoms with van der Waals surface area (Å²) in [6, 6.07) is 9.59. The minimum atomic E-state index is -0.546. The number of ether oxygens (including phenoxy) is 2. The minimum Gasteiger partial charge on any atom is -0.461 e. The molecule has 0 aliphatic heterocycles. The zero-order chi connectivity index (χ0) is 23.8. The largest absolute Gasteiger partial charge is 0.461 e. The van der Waals surface area contributed by atoms with Gasteiger partial charge in [-0.15, -0.1) is 0 Å². The van der Waals surface area contributed by atoms with Crippen LogP contribution in [0.4, 0.5) is 4.79 Å². The van der Waals surface area contributed by atoms with Crippen molar-refractivity contribution < 1.29 is 23.9 Å². The van der Waals surface area contributed by atoms with Crippen LogP contribution in [0.5, 0.6) is 0 Å². The number of hydrogen-bond donors (Lipinski definition) is 2. The number of rotatable bonds is 8. The Balaban J connectivity index is 1.43. The van der Waals surface area contributed by atoms with E-state index in [2.05, 4.69) is 10.6 Å². The highest BCUT2D eigenvalue weighted by atomic mass is 16.6. The quantitative estimate of drug-likeness (QED) is 0.560. The van der Waals surface area contributed by atoms with Crippen LogP contribution in [0.3, 0.4) is 0 Å². The van der Waals surface area contributed by atoms with Crippen LogP contribution in [0.2, 0.25) is 0 Å². The molecule has 2 fully saturated rings. The summed E-state index contributed by atoms with van der Waals surface area (Å²) in [5.41, 5.74) is 0.420. The summed E-state index contributed by atoms with van der Waals surface area (Å²) in [4.78, 5) is 37.3. The Morgan fingerprint density at radius 3 is 2.12 bits per heavy atom. The fourth-order valence-electron chi connectivity index (χ4n) is 4.92. The van der Waals surface area contributed by atoms with E-state index in [0.717, 1.165) is 44.1 Å². The van der Waals surface area contributed by atoms with Crippen molar-refractivity contribution in [1.82, 2.24) is 10.6 Å². The predicted molar refractivity (Wildman–Crippen MR) is 125 cm³/mol. The van der Waals surface area contributed by atoms with Gasteiger partial charge in [-0.1, -0.05) is 43.2 Å². The average molecular weight is 459 g/mol. The van der Waals surface area contributed by atoms with Crippen molar-refractivity contribution in [1.29, 1.82) is 0 Å². The van der Waals surface area contributed by atoms with Gasteiger partial charge in [-0.05, 0) is 63.9 Å². The summed E-state index contributed by atoms with van der Waals surface area (Å²) in [6.45, 7) is 5.78. The van der Waals surface area contributed by atoms with E-state index in [9.17, 15) is 14.4 Å². The Bertz CT molecular complexity index is 805. The van der Waals surface area contributed by atoms with Crippen molar-refractivity contribution in [3.05, 3.63) is 35.9 Å². The molecular formula is C26H38N2O5. The van der Waals surface area contributed by atoms with Crippen LogP contribution in [0.15, 0.2) is 30.3 Å². The number of carbonyl (C=O) groups excluding carboxylic acids is 3. The second kappa shape index (κ2) is 11.5. The zero-order valence-corrected chi connectivity index (χ0v) is 20.1. The predicted octanol–water partition coefficient (Wildman–Crippen LogP) is 4.49. The van der Waals surface area contributed by atoms with E-state index in [0.29, 0.717) is 12.8 Å². The van der Waals surface area contributed by atoms with Crippen LogP contribution < -0.4 is 10.6 Å².